The maximum absolute atomic E-state index is 12.9. The van der Waals surface area contributed by atoms with Gasteiger partial charge in [-0.05, 0) is 35.7 Å². The molecule has 3 aromatic carbocycles. The number of fused-ring (bicyclic) bond motifs is 4. The Hall–Kier alpha value is -4.04. The molecule has 8 nitrogen and oxygen atoms in total. The molecule has 36 heavy (non-hydrogen) atoms. The SMILES string of the molecule is COc1cc2c(cc1OC)CN(CCNC(=O)c1cc(=O)c3cc(OC)c4ccccc4c3o1)CC2. The highest BCUT2D eigenvalue weighted by Crippen LogP contribution is 2.34. The minimum Gasteiger partial charge on any atom is -0.496 e. The second kappa shape index (κ2) is 9.91. The summed E-state index contributed by atoms with van der Waals surface area (Å²) < 4.78 is 22.2. The molecular weight excluding hydrogens is 460 g/mol. The van der Waals surface area contributed by atoms with E-state index in [-0.39, 0.29) is 11.2 Å². The summed E-state index contributed by atoms with van der Waals surface area (Å²) in [5, 5.41) is 4.80. The summed E-state index contributed by atoms with van der Waals surface area (Å²) >= 11 is 0. The lowest BCUT2D eigenvalue weighted by molar-refractivity contribution is 0.0920. The van der Waals surface area contributed by atoms with Crippen molar-refractivity contribution in [1.82, 2.24) is 10.2 Å². The first-order valence-corrected chi connectivity index (χ1v) is 11.8. The van der Waals surface area contributed by atoms with Gasteiger partial charge in [-0.3, -0.25) is 14.5 Å². The molecule has 0 spiro atoms. The van der Waals surface area contributed by atoms with Gasteiger partial charge >= 0.3 is 0 Å². The molecule has 0 bridgehead atoms. The van der Waals surface area contributed by atoms with Crippen molar-refractivity contribution in [3.05, 3.63) is 75.6 Å². The van der Waals surface area contributed by atoms with Crippen LogP contribution in [0, 0.1) is 0 Å². The van der Waals surface area contributed by atoms with Crippen LogP contribution in [0.5, 0.6) is 17.2 Å². The van der Waals surface area contributed by atoms with E-state index in [0.29, 0.717) is 35.6 Å². The molecule has 1 aliphatic rings. The summed E-state index contributed by atoms with van der Waals surface area (Å²) in [5.41, 5.74) is 2.52. The van der Waals surface area contributed by atoms with Gasteiger partial charge in [0.05, 0.1) is 26.7 Å². The second-order valence-electron chi connectivity index (χ2n) is 8.73. The number of amides is 1. The number of nitrogens with one attached hydrogen (secondary N) is 1. The van der Waals surface area contributed by atoms with Crippen molar-refractivity contribution in [2.75, 3.05) is 41.0 Å². The third-order valence-corrected chi connectivity index (χ3v) is 6.65. The van der Waals surface area contributed by atoms with E-state index >= 15 is 0 Å². The number of carbonyl (C=O) groups excluding carboxylic acids is 1. The van der Waals surface area contributed by atoms with Gasteiger partial charge < -0.3 is 23.9 Å². The van der Waals surface area contributed by atoms with Gasteiger partial charge in [0.15, 0.2) is 22.7 Å². The van der Waals surface area contributed by atoms with E-state index in [4.69, 9.17) is 18.6 Å². The smallest absolute Gasteiger partial charge is 0.287 e. The molecule has 2 heterocycles. The van der Waals surface area contributed by atoms with E-state index in [2.05, 4.69) is 10.2 Å². The molecule has 0 aliphatic carbocycles. The Kier molecular flexibility index (Phi) is 6.52. The van der Waals surface area contributed by atoms with Gasteiger partial charge in [0, 0.05) is 43.0 Å². The number of rotatable bonds is 7. The first-order valence-electron chi connectivity index (χ1n) is 11.8. The first kappa shape index (κ1) is 23.7. The Labute approximate surface area is 208 Å². The zero-order valence-corrected chi connectivity index (χ0v) is 20.6. The van der Waals surface area contributed by atoms with Crippen LogP contribution in [0.3, 0.4) is 0 Å². The fourth-order valence-electron chi connectivity index (χ4n) is 4.77. The fraction of sp³-hybridized carbons (Fsp3) is 0.286. The second-order valence-corrected chi connectivity index (χ2v) is 8.73. The van der Waals surface area contributed by atoms with Crippen molar-refractivity contribution in [1.29, 1.82) is 0 Å². The molecule has 0 radical (unpaired) electrons. The topological polar surface area (TPSA) is 90.2 Å². The highest BCUT2D eigenvalue weighted by atomic mass is 16.5. The zero-order valence-electron chi connectivity index (χ0n) is 20.6. The summed E-state index contributed by atoms with van der Waals surface area (Å²) in [6.45, 7) is 2.71. The van der Waals surface area contributed by atoms with Crippen molar-refractivity contribution in [3.63, 3.8) is 0 Å². The highest BCUT2D eigenvalue weighted by molar-refractivity contribution is 6.08. The number of methoxy groups -OCH3 is 3. The highest BCUT2D eigenvalue weighted by Gasteiger charge is 2.20. The number of carbonyl (C=O) groups is 1. The lowest BCUT2D eigenvalue weighted by atomic mass is 9.99. The third kappa shape index (κ3) is 4.35. The monoisotopic (exact) mass is 488 g/mol. The van der Waals surface area contributed by atoms with E-state index in [1.54, 1.807) is 27.4 Å². The molecule has 1 N–H and O–H groups in total. The van der Waals surface area contributed by atoms with Crippen molar-refractivity contribution >= 4 is 27.6 Å². The molecule has 0 atom stereocenters. The molecular formula is C28H28N2O6. The Balaban J connectivity index is 1.30. The van der Waals surface area contributed by atoms with Gasteiger partial charge in [-0.2, -0.15) is 0 Å². The lowest BCUT2D eigenvalue weighted by Crippen LogP contribution is -2.38. The van der Waals surface area contributed by atoms with Crippen molar-refractivity contribution in [2.45, 2.75) is 13.0 Å². The van der Waals surface area contributed by atoms with E-state index in [0.717, 1.165) is 36.0 Å². The normalized spacial score (nSPS) is 13.4. The number of ether oxygens (including phenoxy) is 3. The molecule has 186 valence electrons. The van der Waals surface area contributed by atoms with Crippen LogP contribution in [0.15, 0.2) is 57.7 Å². The molecule has 1 aromatic heterocycles. The number of hydrogen-bond acceptors (Lipinski definition) is 7. The molecule has 5 rings (SSSR count). The minimum absolute atomic E-state index is 0.0105. The van der Waals surface area contributed by atoms with Crippen LogP contribution in [0.25, 0.3) is 21.7 Å². The first-order chi connectivity index (χ1) is 17.5. The molecule has 1 amide bonds. The van der Waals surface area contributed by atoms with Crippen LogP contribution in [0.2, 0.25) is 0 Å². The Bertz CT molecular complexity index is 1510. The summed E-state index contributed by atoms with van der Waals surface area (Å²) in [7, 11) is 4.83. The largest absolute Gasteiger partial charge is 0.496 e. The predicted octanol–water partition coefficient (Wildman–Crippen LogP) is 3.76. The van der Waals surface area contributed by atoms with Gasteiger partial charge in [0.25, 0.3) is 5.91 Å². The van der Waals surface area contributed by atoms with Crippen LogP contribution >= 0.6 is 0 Å². The maximum Gasteiger partial charge on any atom is 0.287 e. The van der Waals surface area contributed by atoms with Crippen molar-refractivity contribution in [3.8, 4) is 17.2 Å². The summed E-state index contributed by atoms with van der Waals surface area (Å²) in [6, 6.07) is 14.4. The quantitative estimate of drug-likeness (QED) is 0.396. The maximum atomic E-state index is 12.9. The van der Waals surface area contributed by atoms with Gasteiger partial charge in [-0.1, -0.05) is 24.3 Å². The van der Waals surface area contributed by atoms with Crippen LogP contribution in [-0.4, -0.2) is 51.8 Å². The zero-order chi connectivity index (χ0) is 25.2. The van der Waals surface area contributed by atoms with Gasteiger partial charge in [0.2, 0.25) is 0 Å². The third-order valence-electron chi connectivity index (χ3n) is 6.65. The Morgan fingerprint density at radius 3 is 2.33 bits per heavy atom. The molecule has 0 fully saturated rings. The van der Waals surface area contributed by atoms with Gasteiger partial charge in [-0.25, -0.2) is 0 Å². The van der Waals surface area contributed by atoms with E-state index < -0.39 is 5.91 Å². The van der Waals surface area contributed by atoms with Crippen molar-refractivity contribution in [2.24, 2.45) is 0 Å². The van der Waals surface area contributed by atoms with Crippen molar-refractivity contribution < 1.29 is 23.4 Å². The molecule has 8 heteroatoms. The molecule has 0 saturated carbocycles. The van der Waals surface area contributed by atoms with Gasteiger partial charge in [0.1, 0.15) is 11.3 Å². The Morgan fingerprint density at radius 1 is 0.917 bits per heavy atom. The molecule has 1 aliphatic heterocycles. The standard InChI is InChI=1S/C28H28N2O6/c1-33-23-14-21-22(31)15-26(36-27(21)20-7-5-4-6-19(20)23)28(32)29-9-11-30-10-8-17-12-24(34-2)25(35-3)13-18(17)16-30/h4-7,12-15H,8-11,16H2,1-3H3,(H,29,32). The minimum atomic E-state index is -0.419. The molecule has 0 unspecified atom stereocenters. The average Bonchev–Trinajstić information content (AvgIpc) is 2.91. The Morgan fingerprint density at radius 2 is 1.61 bits per heavy atom. The molecule has 4 aromatic rings. The number of benzene rings is 3. The molecule has 0 saturated heterocycles. The summed E-state index contributed by atoms with van der Waals surface area (Å²) in [4.78, 5) is 28.0. The van der Waals surface area contributed by atoms with Gasteiger partial charge in [-0.15, -0.1) is 0 Å². The average molecular weight is 489 g/mol. The van der Waals surface area contributed by atoms with E-state index in [9.17, 15) is 9.59 Å². The van der Waals surface area contributed by atoms with Crippen LogP contribution in [0.1, 0.15) is 21.7 Å². The van der Waals surface area contributed by atoms with Crippen LogP contribution in [-0.2, 0) is 13.0 Å². The number of hydrogen-bond donors (Lipinski definition) is 1. The van der Waals surface area contributed by atoms with E-state index in [1.165, 1.54) is 17.2 Å². The predicted molar refractivity (Wildman–Crippen MR) is 137 cm³/mol. The van der Waals surface area contributed by atoms with Crippen LogP contribution in [0.4, 0.5) is 0 Å². The van der Waals surface area contributed by atoms with Crippen LogP contribution < -0.4 is 25.0 Å². The summed E-state index contributed by atoms with van der Waals surface area (Å²) in [5.74, 6) is 1.60. The lowest BCUT2D eigenvalue weighted by Gasteiger charge is -2.29. The summed E-state index contributed by atoms with van der Waals surface area (Å²) in [6.07, 6.45) is 0.889. The number of nitrogens with zero attached hydrogens (tertiary/aromatic N) is 1. The van der Waals surface area contributed by atoms with E-state index in [1.807, 2.05) is 36.4 Å². The fourth-order valence-corrected chi connectivity index (χ4v) is 4.77.